The van der Waals surface area contributed by atoms with E-state index >= 15 is 0 Å². The largest absolute Gasteiger partial charge is 0.472 e. The molecule has 1 fully saturated rings. The number of carbonyl (C=O) groups is 1. The minimum atomic E-state index is -5.15. The van der Waals surface area contributed by atoms with E-state index in [1.807, 2.05) is 6.08 Å². The highest BCUT2D eigenvalue weighted by atomic mass is 31.2. The molecule has 1 aliphatic rings. The fourth-order valence-electron chi connectivity index (χ4n) is 6.98. The number of phosphoric acid groups is 1. The molecule has 0 aliphatic heterocycles. The van der Waals surface area contributed by atoms with Gasteiger partial charge in [-0.2, -0.15) is 0 Å². The molecule has 14 heteroatoms. The molecule has 0 spiro atoms. The topological polar surface area (TPSA) is 226 Å². The van der Waals surface area contributed by atoms with Crippen molar-refractivity contribution in [3.8, 4) is 0 Å². The number of amides is 1. The van der Waals surface area contributed by atoms with Crippen molar-refractivity contribution >= 4 is 13.7 Å². The third-order valence-electron chi connectivity index (χ3n) is 10.7. The van der Waals surface area contributed by atoms with Gasteiger partial charge in [-0.15, -0.1) is 0 Å². The zero-order chi connectivity index (χ0) is 43.0. The van der Waals surface area contributed by atoms with Crippen molar-refractivity contribution in [3.05, 3.63) is 36.5 Å². The average molecular weight is 848 g/mol. The Morgan fingerprint density at radius 3 is 1.52 bits per heavy atom. The number of nitrogens with one attached hydrogen (secondary N) is 1. The fourth-order valence-corrected chi connectivity index (χ4v) is 7.94. The van der Waals surface area contributed by atoms with Crippen molar-refractivity contribution in [1.82, 2.24) is 5.32 Å². The maximum Gasteiger partial charge on any atom is 0.472 e. The maximum atomic E-state index is 13.0. The summed E-state index contributed by atoms with van der Waals surface area (Å²) in [5.41, 5.74) is 0. The summed E-state index contributed by atoms with van der Waals surface area (Å²) < 4.78 is 22.8. The quantitative estimate of drug-likeness (QED) is 0.0177. The van der Waals surface area contributed by atoms with Gasteiger partial charge in [0.2, 0.25) is 5.91 Å². The van der Waals surface area contributed by atoms with Crippen molar-refractivity contribution in [2.45, 2.75) is 229 Å². The molecule has 0 radical (unpaired) electrons. The van der Waals surface area contributed by atoms with Gasteiger partial charge in [-0.25, -0.2) is 4.57 Å². The number of aliphatic hydroxyl groups excluding tert-OH is 7. The first-order valence-electron chi connectivity index (χ1n) is 22.5. The molecule has 340 valence electrons. The summed E-state index contributed by atoms with van der Waals surface area (Å²) in [5, 5.41) is 74.3. The Morgan fingerprint density at radius 2 is 1.02 bits per heavy atom. The molecule has 1 amide bonds. The molecule has 0 aromatic heterocycles. The summed E-state index contributed by atoms with van der Waals surface area (Å²) in [6.07, 6.45) is 23.8. The Balaban J connectivity index is 2.61. The van der Waals surface area contributed by atoms with Gasteiger partial charge in [-0.3, -0.25) is 13.8 Å². The van der Waals surface area contributed by atoms with Gasteiger partial charge in [0.05, 0.1) is 31.3 Å². The molecule has 8 atom stereocenters. The van der Waals surface area contributed by atoms with Crippen LogP contribution in [0.25, 0.3) is 0 Å². The number of hydrogen-bond donors (Lipinski definition) is 9. The van der Waals surface area contributed by atoms with Gasteiger partial charge in [-0.1, -0.05) is 159 Å². The second kappa shape index (κ2) is 34.1. The Morgan fingerprint density at radius 1 is 0.603 bits per heavy atom. The number of aliphatic hydroxyl groups is 7. The lowest BCUT2D eigenvalue weighted by Gasteiger charge is -2.41. The third-order valence-corrected chi connectivity index (χ3v) is 11.7. The van der Waals surface area contributed by atoms with Crippen LogP contribution in [0.15, 0.2) is 36.5 Å². The Kier molecular flexibility index (Phi) is 32.1. The molecule has 0 aromatic rings. The van der Waals surface area contributed by atoms with E-state index < -0.39 is 75.2 Å². The lowest BCUT2D eigenvalue weighted by molar-refractivity contribution is -0.220. The van der Waals surface area contributed by atoms with E-state index in [1.54, 1.807) is 6.08 Å². The number of phosphoric ester groups is 1. The second-order valence-electron chi connectivity index (χ2n) is 16.1. The molecule has 0 aromatic carbocycles. The Hall–Kier alpha value is -1.48. The van der Waals surface area contributed by atoms with Crippen LogP contribution in [-0.2, 0) is 18.4 Å². The van der Waals surface area contributed by atoms with Crippen molar-refractivity contribution in [3.63, 3.8) is 0 Å². The molecule has 0 bridgehead atoms. The SMILES string of the molecule is CCCCCC/C=C/CC/C=C/CC/C=C/C(O)C(COP(=O)(O)OC1C(O)C(O)C(O)C(O)C1O)NC(=O)CC(O)CCCCCCCCCCCCCCCC. The van der Waals surface area contributed by atoms with Gasteiger partial charge < -0.3 is 46.0 Å². The van der Waals surface area contributed by atoms with E-state index in [1.165, 1.54) is 96.0 Å². The van der Waals surface area contributed by atoms with Gasteiger partial charge in [0.15, 0.2) is 0 Å². The van der Waals surface area contributed by atoms with Crippen LogP contribution in [0.5, 0.6) is 0 Å². The highest BCUT2D eigenvalue weighted by Crippen LogP contribution is 2.47. The Labute approximate surface area is 349 Å². The highest BCUT2D eigenvalue weighted by Gasteiger charge is 2.51. The maximum absolute atomic E-state index is 13.0. The number of allylic oxidation sites excluding steroid dienone is 5. The highest BCUT2D eigenvalue weighted by molar-refractivity contribution is 7.47. The van der Waals surface area contributed by atoms with Crippen molar-refractivity contribution in [2.24, 2.45) is 0 Å². The first-order valence-corrected chi connectivity index (χ1v) is 24.0. The first-order chi connectivity index (χ1) is 27.8. The van der Waals surface area contributed by atoms with E-state index in [9.17, 15) is 50.0 Å². The second-order valence-corrected chi connectivity index (χ2v) is 17.5. The van der Waals surface area contributed by atoms with Gasteiger partial charge in [-0.05, 0) is 44.9 Å². The van der Waals surface area contributed by atoms with Crippen LogP contribution in [0.4, 0.5) is 0 Å². The fraction of sp³-hybridized carbons (Fsp3) is 0.841. The molecule has 0 saturated heterocycles. The molecule has 13 nitrogen and oxygen atoms in total. The lowest BCUT2D eigenvalue weighted by Crippen LogP contribution is -2.64. The molecular weight excluding hydrogens is 765 g/mol. The number of rotatable bonds is 36. The summed E-state index contributed by atoms with van der Waals surface area (Å²) in [6, 6.07) is -1.26. The van der Waals surface area contributed by atoms with E-state index in [0.29, 0.717) is 19.3 Å². The number of unbranched alkanes of at least 4 members (excludes halogenated alkanes) is 19. The summed E-state index contributed by atoms with van der Waals surface area (Å²) >= 11 is 0. The molecule has 0 heterocycles. The zero-order valence-corrected chi connectivity index (χ0v) is 36.6. The Bertz CT molecular complexity index is 1140. The molecule has 1 saturated carbocycles. The summed E-state index contributed by atoms with van der Waals surface area (Å²) in [7, 11) is -5.15. The van der Waals surface area contributed by atoms with Crippen LogP contribution in [0.1, 0.15) is 174 Å². The minimum absolute atomic E-state index is 0.254. The van der Waals surface area contributed by atoms with E-state index in [-0.39, 0.29) is 6.42 Å². The van der Waals surface area contributed by atoms with Crippen LogP contribution in [-0.4, -0.2) is 108 Å². The molecular formula is C44H82NO12P. The molecule has 8 unspecified atom stereocenters. The zero-order valence-electron chi connectivity index (χ0n) is 35.7. The summed E-state index contributed by atoms with van der Waals surface area (Å²) in [5.74, 6) is -0.607. The van der Waals surface area contributed by atoms with Crippen LogP contribution in [0.3, 0.4) is 0 Å². The van der Waals surface area contributed by atoms with Crippen molar-refractivity contribution in [2.75, 3.05) is 6.61 Å². The van der Waals surface area contributed by atoms with Crippen LogP contribution in [0, 0.1) is 0 Å². The normalized spacial score (nSPS) is 24.1. The van der Waals surface area contributed by atoms with Gasteiger partial charge in [0, 0.05) is 0 Å². The smallest absolute Gasteiger partial charge is 0.393 e. The molecule has 9 N–H and O–H groups in total. The standard InChI is InChI=1S/C44H82NO12P/c1-3-5-7-9-11-13-15-17-19-21-23-25-27-29-31-35(46)33-38(48)45-36(34-56-58(54,55)57-44-42(52)40(50)39(49)41(51)43(44)53)37(47)32-30-28-26-24-22-20-18-16-14-12-10-8-6-4-2/h14,16,22,24,30,32,35-37,39-44,46-47,49-53H,3-13,15,17-21,23,25-29,31,33-34H2,1-2H3,(H,45,48)(H,54,55)/b16-14+,24-22+,32-30+. The van der Waals surface area contributed by atoms with Gasteiger partial charge in [0.25, 0.3) is 0 Å². The van der Waals surface area contributed by atoms with Crippen molar-refractivity contribution < 1.29 is 59.0 Å². The average Bonchev–Trinajstić information content (AvgIpc) is 3.19. The lowest BCUT2D eigenvalue weighted by atomic mass is 9.85. The minimum Gasteiger partial charge on any atom is -0.393 e. The van der Waals surface area contributed by atoms with Crippen molar-refractivity contribution in [1.29, 1.82) is 0 Å². The predicted octanol–water partition coefficient (Wildman–Crippen LogP) is 6.97. The third kappa shape index (κ3) is 26.0. The molecule has 1 aliphatic carbocycles. The number of hydrogen-bond acceptors (Lipinski definition) is 11. The summed E-state index contributed by atoms with van der Waals surface area (Å²) in [6.45, 7) is 3.69. The number of carbonyl (C=O) groups excluding carboxylic acids is 1. The van der Waals surface area contributed by atoms with Crippen LogP contribution < -0.4 is 5.32 Å². The van der Waals surface area contributed by atoms with Crippen LogP contribution in [0.2, 0.25) is 0 Å². The van der Waals surface area contributed by atoms with E-state index in [0.717, 1.165) is 44.9 Å². The summed E-state index contributed by atoms with van der Waals surface area (Å²) in [4.78, 5) is 23.4. The molecule has 58 heavy (non-hydrogen) atoms. The van der Waals surface area contributed by atoms with Crippen LogP contribution >= 0.6 is 7.82 Å². The van der Waals surface area contributed by atoms with E-state index in [2.05, 4.69) is 37.4 Å². The first kappa shape index (κ1) is 54.5. The molecule has 1 rings (SSSR count). The predicted molar refractivity (Wildman–Crippen MR) is 229 cm³/mol. The van der Waals surface area contributed by atoms with Gasteiger partial charge in [0.1, 0.15) is 36.6 Å². The monoisotopic (exact) mass is 848 g/mol. The van der Waals surface area contributed by atoms with E-state index in [4.69, 9.17) is 9.05 Å². The van der Waals surface area contributed by atoms with Gasteiger partial charge >= 0.3 is 7.82 Å².